The Labute approximate surface area is 108 Å². The van der Waals surface area contributed by atoms with Gasteiger partial charge in [0, 0.05) is 0 Å². The quantitative estimate of drug-likeness (QED) is 0.728. The van der Waals surface area contributed by atoms with Crippen LogP contribution in [0.4, 0.5) is 13.2 Å². The van der Waals surface area contributed by atoms with Crippen LogP contribution >= 0.6 is 27.3 Å². The molecule has 17 heavy (non-hydrogen) atoms. The third kappa shape index (κ3) is 2.69. The van der Waals surface area contributed by atoms with Gasteiger partial charge in [0.2, 0.25) is 0 Å². The van der Waals surface area contributed by atoms with E-state index in [0.29, 0.717) is 9.48 Å². The second-order valence-corrected chi connectivity index (χ2v) is 5.74. The van der Waals surface area contributed by atoms with Crippen LogP contribution in [-0.4, -0.2) is 4.98 Å². The second kappa shape index (κ2) is 4.42. The summed E-state index contributed by atoms with van der Waals surface area (Å²) in [5.41, 5.74) is 0.626. The summed E-state index contributed by atoms with van der Waals surface area (Å²) in [5.74, 6) is 0. The van der Waals surface area contributed by atoms with Crippen molar-refractivity contribution in [2.45, 2.75) is 13.1 Å². The number of alkyl halides is 3. The van der Waals surface area contributed by atoms with Crippen LogP contribution in [0.15, 0.2) is 28.2 Å². The van der Waals surface area contributed by atoms with Crippen LogP contribution in [0.1, 0.15) is 11.3 Å². The molecule has 0 bridgehead atoms. The minimum absolute atomic E-state index is 0.542. The SMILES string of the molecule is Cc1nc(Br)sc1-c1cccc(C(F)(F)F)c1. The number of halogens is 4. The molecular weight excluding hydrogens is 315 g/mol. The van der Waals surface area contributed by atoms with Crippen molar-refractivity contribution in [1.29, 1.82) is 0 Å². The summed E-state index contributed by atoms with van der Waals surface area (Å²) in [6, 6.07) is 5.27. The number of hydrogen-bond donors (Lipinski definition) is 0. The average molecular weight is 322 g/mol. The van der Waals surface area contributed by atoms with Gasteiger partial charge in [-0.2, -0.15) is 13.2 Å². The molecule has 0 spiro atoms. The van der Waals surface area contributed by atoms with Crippen molar-refractivity contribution >= 4 is 27.3 Å². The standard InChI is InChI=1S/C11H7BrF3NS/c1-6-9(17-10(12)16-6)7-3-2-4-8(5-7)11(13,14)15/h2-5H,1H3. The fourth-order valence-corrected chi connectivity index (χ4v) is 3.01. The van der Waals surface area contributed by atoms with E-state index in [0.717, 1.165) is 22.7 Å². The summed E-state index contributed by atoms with van der Waals surface area (Å²) in [7, 11) is 0. The first-order chi connectivity index (χ1) is 7.88. The molecule has 0 atom stereocenters. The number of aryl methyl sites for hydroxylation is 1. The first-order valence-electron chi connectivity index (χ1n) is 4.68. The zero-order chi connectivity index (χ0) is 12.6. The van der Waals surface area contributed by atoms with Gasteiger partial charge in [0.05, 0.1) is 16.1 Å². The minimum atomic E-state index is -4.31. The first kappa shape index (κ1) is 12.6. The average Bonchev–Trinajstić information content (AvgIpc) is 2.57. The predicted octanol–water partition coefficient (Wildman–Crippen LogP) is 4.90. The molecule has 6 heteroatoms. The van der Waals surface area contributed by atoms with Gasteiger partial charge in [0.25, 0.3) is 0 Å². The smallest absolute Gasteiger partial charge is 0.234 e. The lowest BCUT2D eigenvalue weighted by atomic mass is 10.1. The van der Waals surface area contributed by atoms with Gasteiger partial charge < -0.3 is 0 Å². The molecule has 0 fully saturated rings. The first-order valence-corrected chi connectivity index (χ1v) is 6.29. The van der Waals surface area contributed by atoms with E-state index in [1.807, 2.05) is 0 Å². The molecule has 0 N–H and O–H groups in total. The summed E-state index contributed by atoms with van der Waals surface area (Å²) in [5, 5.41) is 0. The summed E-state index contributed by atoms with van der Waals surface area (Å²) in [6.07, 6.45) is -4.31. The summed E-state index contributed by atoms with van der Waals surface area (Å²) >= 11 is 4.55. The summed E-state index contributed by atoms with van der Waals surface area (Å²) < 4.78 is 38.4. The summed E-state index contributed by atoms with van der Waals surface area (Å²) in [4.78, 5) is 4.89. The van der Waals surface area contributed by atoms with Crippen LogP contribution in [0.25, 0.3) is 10.4 Å². The lowest BCUT2D eigenvalue weighted by molar-refractivity contribution is -0.137. The van der Waals surface area contributed by atoms with E-state index in [1.165, 1.54) is 17.4 Å². The molecule has 1 nitrogen and oxygen atoms in total. The highest BCUT2D eigenvalue weighted by molar-refractivity contribution is 9.11. The molecule has 1 heterocycles. The number of aromatic nitrogens is 1. The maximum atomic E-state index is 12.6. The van der Waals surface area contributed by atoms with Crippen molar-refractivity contribution in [3.8, 4) is 10.4 Å². The van der Waals surface area contributed by atoms with Crippen LogP contribution in [-0.2, 0) is 6.18 Å². The molecular formula is C11H7BrF3NS. The maximum absolute atomic E-state index is 12.6. The van der Waals surface area contributed by atoms with Gasteiger partial charge in [-0.05, 0) is 40.5 Å². The molecule has 90 valence electrons. The Bertz CT molecular complexity index is 548. The van der Waals surface area contributed by atoms with Crippen LogP contribution in [0.5, 0.6) is 0 Å². The number of hydrogen-bond acceptors (Lipinski definition) is 2. The monoisotopic (exact) mass is 321 g/mol. The van der Waals surface area contributed by atoms with E-state index in [1.54, 1.807) is 13.0 Å². The number of thiazole rings is 1. The molecule has 1 aromatic heterocycles. The highest BCUT2D eigenvalue weighted by Gasteiger charge is 2.30. The van der Waals surface area contributed by atoms with E-state index in [9.17, 15) is 13.2 Å². The second-order valence-electron chi connectivity index (χ2n) is 3.46. The lowest BCUT2D eigenvalue weighted by Gasteiger charge is -2.07. The maximum Gasteiger partial charge on any atom is 0.416 e. The van der Waals surface area contributed by atoms with Crippen molar-refractivity contribution < 1.29 is 13.2 Å². The van der Waals surface area contributed by atoms with Crippen molar-refractivity contribution in [2.24, 2.45) is 0 Å². The van der Waals surface area contributed by atoms with Crippen molar-refractivity contribution in [3.63, 3.8) is 0 Å². The molecule has 0 saturated heterocycles. The zero-order valence-corrected chi connectivity index (χ0v) is 11.1. The van der Waals surface area contributed by atoms with Crippen LogP contribution < -0.4 is 0 Å². The molecule has 0 unspecified atom stereocenters. The Balaban J connectivity index is 2.50. The third-order valence-electron chi connectivity index (χ3n) is 2.22. The van der Waals surface area contributed by atoms with Crippen molar-refractivity contribution in [2.75, 3.05) is 0 Å². The van der Waals surface area contributed by atoms with Crippen LogP contribution in [0.3, 0.4) is 0 Å². The van der Waals surface area contributed by atoms with Crippen molar-refractivity contribution in [3.05, 3.63) is 39.4 Å². The van der Waals surface area contributed by atoms with Crippen LogP contribution in [0.2, 0.25) is 0 Å². The molecule has 0 amide bonds. The van der Waals surface area contributed by atoms with E-state index >= 15 is 0 Å². The Hall–Kier alpha value is -0.880. The van der Waals surface area contributed by atoms with E-state index in [-0.39, 0.29) is 0 Å². The Morgan fingerprint density at radius 1 is 1.29 bits per heavy atom. The molecule has 1 aromatic carbocycles. The molecule has 2 rings (SSSR count). The van der Waals surface area contributed by atoms with Gasteiger partial charge in [0.1, 0.15) is 0 Å². The number of rotatable bonds is 1. The van der Waals surface area contributed by atoms with Crippen LogP contribution in [0, 0.1) is 6.92 Å². The zero-order valence-electron chi connectivity index (χ0n) is 8.68. The van der Waals surface area contributed by atoms with E-state index in [4.69, 9.17) is 0 Å². The molecule has 0 radical (unpaired) electrons. The molecule has 2 aromatic rings. The fraction of sp³-hybridized carbons (Fsp3) is 0.182. The topological polar surface area (TPSA) is 12.9 Å². The number of nitrogens with zero attached hydrogens (tertiary/aromatic N) is 1. The van der Waals surface area contributed by atoms with Gasteiger partial charge in [0.15, 0.2) is 3.92 Å². The Morgan fingerprint density at radius 2 is 2.00 bits per heavy atom. The molecule has 0 saturated carbocycles. The molecule has 0 aliphatic rings. The Kier molecular flexibility index (Phi) is 3.27. The van der Waals surface area contributed by atoms with E-state index < -0.39 is 11.7 Å². The van der Waals surface area contributed by atoms with Gasteiger partial charge in [-0.25, -0.2) is 4.98 Å². The predicted molar refractivity (Wildman–Crippen MR) is 65.0 cm³/mol. The van der Waals surface area contributed by atoms with Gasteiger partial charge in [-0.1, -0.05) is 12.1 Å². The normalized spacial score (nSPS) is 11.8. The highest BCUT2D eigenvalue weighted by Crippen LogP contribution is 2.36. The fourth-order valence-electron chi connectivity index (χ4n) is 1.47. The summed E-state index contributed by atoms with van der Waals surface area (Å²) in [6.45, 7) is 1.77. The molecule has 0 aliphatic carbocycles. The lowest BCUT2D eigenvalue weighted by Crippen LogP contribution is -2.04. The number of benzene rings is 1. The van der Waals surface area contributed by atoms with Gasteiger partial charge >= 0.3 is 6.18 Å². The van der Waals surface area contributed by atoms with E-state index in [2.05, 4.69) is 20.9 Å². The third-order valence-corrected chi connectivity index (χ3v) is 3.88. The largest absolute Gasteiger partial charge is 0.416 e. The van der Waals surface area contributed by atoms with Gasteiger partial charge in [-0.3, -0.25) is 0 Å². The Morgan fingerprint density at radius 3 is 2.53 bits per heavy atom. The minimum Gasteiger partial charge on any atom is -0.234 e. The van der Waals surface area contributed by atoms with Crippen molar-refractivity contribution in [1.82, 2.24) is 4.98 Å². The highest BCUT2D eigenvalue weighted by atomic mass is 79.9. The molecule has 0 aliphatic heterocycles. The van der Waals surface area contributed by atoms with Gasteiger partial charge in [-0.15, -0.1) is 11.3 Å².